The molecule has 0 amide bonds. The molecule has 4 aromatic rings. The molecule has 0 N–H and O–H groups in total. The molecule has 4 rings (SSSR count). The summed E-state index contributed by atoms with van der Waals surface area (Å²) in [6.07, 6.45) is 1.78. The molecule has 0 radical (unpaired) electrons. The number of hydrogen-bond donors (Lipinski definition) is 0. The van der Waals surface area contributed by atoms with E-state index in [0.29, 0.717) is 27.7 Å². The van der Waals surface area contributed by atoms with Crippen LogP contribution in [0.1, 0.15) is 31.0 Å². The van der Waals surface area contributed by atoms with Crippen LogP contribution in [0.5, 0.6) is 0 Å². The van der Waals surface area contributed by atoms with Crippen molar-refractivity contribution in [2.45, 2.75) is 30.7 Å². The fraction of sp³-hybridized carbons (Fsp3) is 0.174. The van der Waals surface area contributed by atoms with Crippen molar-refractivity contribution in [3.05, 3.63) is 94.5 Å². The monoisotopic (exact) mass is 387 g/mol. The van der Waals surface area contributed by atoms with Gasteiger partial charge < -0.3 is 0 Å². The summed E-state index contributed by atoms with van der Waals surface area (Å²) in [6, 6.07) is 21.4. The first kappa shape index (κ1) is 18.4. The van der Waals surface area contributed by atoms with E-state index in [0.717, 1.165) is 16.9 Å². The Bertz CT molecular complexity index is 1170. The molecule has 2 heterocycles. The molecule has 0 fully saturated rings. The number of thioether (sulfide) groups is 1. The summed E-state index contributed by atoms with van der Waals surface area (Å²) in [4.78, 5) is 22.6. The van der Waals surface area contributed by atoms with E-state index in [-0.39, 0.29) is 5.56 Å². The zero-order chi connectivity index (χ0) is 19.5. The zero-order valence-electron chi connectivity index (χ0n) is 15.9. The van der Waals surface area contributed by atoms with Gasteiger partial charge >= 0.3 is 0 Å². The Morgan fingerprint density at radius 1 is 0.964 bits per heavy atom. The van der Waals surface area contributed by atoms with Gasteiger partial charge in [-0.15, -0.1) is 0 Å². The molecule has 2 aromatic carbocycles. The number of pyridine rings is 1. The van der Waals surface area contributed by atoms with Crippen LogP contribution < -0.4 is 5.56 Å². The van der Waals surface area contributed by atoms with Crippen LogP contribution in [0.25, 0.3) is 16.6 Å². The average Bonchev–Trinajstić information content (AvgIpc) is 2.73. The molecule has 0 aliphatic heterocycles. The van der Waals surface area contributed by atoms with Crippen LogP contribution in [0.2, 0.25) is 0 Å². The SMILES string of the molecule is CC(C)c1ccccc1-n1c(SCc2ccccn2)nc2ccccc2c1=O. The minimum Gasteiger partial charge on any atom is -0.268 e. The number of hydrogen-bond acceptors (Lipinski definition) is 4. The molecule has 0 unspecified atom stereocenters. The van der Waals surface area contributed by atoms with Crippen LogP contribution >= 0.6 is 11.8 Å². The van der Waals surface area contributed by atoms with E-state index in [9.17, 15) is 4.79 Å². The summed E-state index contributed by atoms with van der Waals surface area (Å²) in [5.74, 6) is 0.943. The Hall–Kier alpha value is -2.92. The van der Waals surface area contributed by atoms with E-state index in [4.69, 9.17) is 4.98 Å². The standard InChI is InChI=1S/C23H21N3OS/c1-16(2)18-10-4-6-13-21(18)26-22(27)19-11-3-5-12-20(19)25-23(26)28-15-17-9-7-8-14-24-17/h3-14,16H,15H2,1-2H3. The zero-order valence-corrected chi connectivity index (χ0v) is 16.7. The number of benzene rings is 2. The van der Waals surface area contributed by atoms with Crippen LogP contribution in [0, 0.1) is 0 Å². The number of rotatable bonds is 5. The highest BCUT2D eigenvalue weighted by molar-refractivity contribution is 7.98. The maximum atomic E-state index is 13.4. The van der Waals surface area contributed by atoms with Gasteiger partial charge in [0.25, 0.3) is 5.56 Å². The second-order valence-electron chi connectivity index (χ2n) is 6.88. The van der Waals surface area contributed by atoms with Crippen molar-refractivity contribution in [2.75, 3.05) is 0 Å². The lowest BCUT2D eigenvalue weighted by molar-refractivity contribution is 0.780. The van der Waals surface area contributed by atoms with Gasteiger partial charge in [0.05, 0.1) is 22.3 Å². The molecular weight excluding hydrogens is 366 g/mol. The average molecular weight is 388 g/mol. The van der Waals surface area contributed by atoms with Crippen molar-refractivity contribution in [1.82, 2.24) is 14.5 Å². The van der Waals surface area contributed by atoms with Crippen molar-refractivity contribution >= 4 is 22.7 Å². The lowest BCUT2D eigenvalue weighted by atomic mass is 10.0. The highest BCUT2D eigenvalue weighted by Gasteiger charge is 2.17. The van der Waals surface area contributed by atoms with E-state index in [1.807, 2.05) is 60.7 Å². The largest absolute Gasteiger partial charge is 0.268 e. The van der Waals surface area contributed by atoms with Crippen LogP contribution in [-0.2, 0) is 5.75 Å². The third-order valence-corrected chi connectivity index (χ3v) is 5.59. The Kier molecular flexibility index (Phi) is 5.26. The van der Waals surface area contributed by atoms with Gasteiger partial charge in [0, 0.05) is 11.9 Å². The van der Waals surface area contributed by atoms with Crippen molar-refractivity contribution in [2.24, 2.45) is 0 Å². The fourth-order valence-electron chi connectivity index (χ4n) is 3.22. The van der Waals surface area contributed by atoms with Crippen LogP contribution in [0.4, 0.5) is 0 Å². The second kappa shape index (κ2) is 7.98. The summed E-state index contributed by atoms with van der Waals surface area (Å²) < 4.78 is 1.76. The third kappa shape index (κ3) is 3.58. The quantitative estimate of drug-likeness (QED) is 0.349. The Morgan fingerprint density at radius 3 is 2.50 bits per heavy atom. The lowest BCUT2D eigenvalue weighted by Gasteiger charge is -2.18. The number of para-hydroxylation sites is 2. The highest BCUT2D eigenvalue weighted by atomic mass is 32.2. The van der Waals surface area contributed by atoms with E-state index in [1.54, 1.807) is 10.8 Å². The molecule has 0 atom stereocenters. The lowest BCUT2D eigenvalue weighted by Crippen LogP contribution is -2.23. The van der Waals surface area contributed by atoms with Crippen molar-refractivity contribution in [3.8, 4) is 5.69 Å². The van der Waals surface area contributed by atoms with E-state index in [2.05, 4.69) is 24.9 Å². The molecule has 5 heteroatoms. The molecule has 28 heavy (non-hydrogen) atoms. The van der Waals surface area contributed by atoms with Gasteiger partial charge in [-0.1, -0.05) is 62.0 Å². The number of nitrogens with zero attached hydrogens (tertiary/aromatic N) is 3. The van der Waals surface area contributed by atoms with Crippen molar-refractivity contribution in [3.63, 3.8) is 0 Å². The molecule has 0 saturated heterocycles. The van der Waals surface area contributed by atoms with Gasteiger partial charge in [-0.2, -0.15) is 0 Å². The first-order valence-electron chi connectivity index (χ1n) is 9.29. The van der Waals surface area contributed by atoms with Gasteiger partial charge in [0.1, 0.15) is 0 Å². The smallest absolute Gasteiger partial charge is 0.266 e. The van der Waals surface area contributed by atoms with Crippen molar-refractivity contribution in [1.29, 1.82) is 0 Å². The second-order valence-corrected chi connectivity index (χ2v) is 7.82. The summed E-state index contributed by atoms with van der Waals surface area (Å²) in [7, 11) is 0. The summed E-state index contributed by atoms with van der Waals surface area (Å²) in [5.41, 5.74) is 3.65. The minimum atomic E-state index is -0.0396. The molecule has 0 saturated carbocycles. The molecule has 2 aromatic heterocycles. The maximum Gasteiger partial charge on any atom is 0.266 e. The molecule has 0 spiro atoms. The van der Waals surface area contributed by atoms with Crippen LogP contribution in [-0.4, -0.2) is 14.5 Å². The van der Waals surface area contributed by atoms with Gasteiger partial charge in [0.15, 0.2) is 5.16 Å². The number of aromatic nitrogens is 3. The molecule has 0 bridgehead atoms. The van der Waals surface area contributed by atoms with E-state index in [1.165, 1.54) is 11.8 Å². The summed E-state index contributed by atoms with van der Waals surface area (Å²) in [5, 5.41) is 1.31. The molecule has 0 aliphatic rings. The van der Waals surface area contributed by atoms with Crippen molar-refractivity contribution < 1.29 is 0 Å². The minimum absolute atomic E-state index is 0.0396. The Labute approximate surface area is 168 Å². The molecule has 140 valence electrons. The summed E-state index contributed by atoms with van der Waals surface area (Å²) >= 11 is 1.53. The topological polar surface area (TPSA) is 47.8 Å². The molecular formula is C23H21N3OS. The van der Waals surface area contributed by atoms with Gasteiger partial charge in [-0.25, -0.2) is 4.98 Å². The first-order chi connectivity index (χ1) is 13.6. The predicted molar refractivity (Wildman–Crippen MR) is 115 cm³/mol. The predicted octanol–water partition coefficient (Wildman–Crippen LogP) is 5.20. The molecule has 4 nitrogen and oxygen atoms in total. The van der Waals surface area contributed by atoms with Crippen LogP contribution in [0.3, 0.4) is 0 Å². The van der Waals surface area contributed by atoms with Gasteiger partial charge in [-0.05, 0) is 41.8 Å². The third-order valence-electron chi connectivity index (χ3n) is 4.62. The Morgan fingerprint density at radius 2 is 1.71 bits per heavy atom. The fourth-order valence-corrected chi connectivity index (χ4v) is 4.14. The van der Waals surface area contributed by atoms with Gasteiger partial charge in [0.2, 0.25) is 0 Å². The van der Waals surface area contributed by atoms with E-state index >= 15 is 0 Å². The number of fused-ring (bicyclic) bond motifs is 1. The maximum absolute atomic E-state index is 13.4. The molecule has 0 aliphatic carbocycles. The van der Waals surface area contributed by atoms with E-state index < -0.39 is 0 Å². The summed E-state index contributed by atoms with van der Waals surface area (Å²) in [6.45, 7) is 4.28. The van der Waals surface area contributed by atoms with Gasteiger partial charge in [-0.3, -0.25) is 14.3 Å². The Balaban J connectivity index is 1.91. The first-order valence-corrected chi connectivity index (χ1v) is 10.3. The normalized spacial score (nSPS) is 11.2. The highest BCUT2D eigenvalue weighted by Crippen LogP contribution is 2.28. The van der Waals surface area contributed by atoms with Crippen LogP contribution in [0.15, 0.2) is 82.9 Å².